The zero-order valence-electron chi connectivity index (χ0n) is 10.3. The Morgan fingerprint density at radius 1 is 0.722 bits per heavy atom. The Hall–Kier alpha value is -0.0900. The van der Waals surface area contributed by atoms with Crippen LogP contribution in [0, 0.1) is 0 Å². The van der Waals surface area contributed by atoms with Gasteiger partial charge in [0.15, 0.2) is 0 Å². The second-order valence-corrected chi connectivity index (χ2v) is 5.02. The lowest BCUT2D eigenvalue weighted by atomic mass is 10.2. The van der Waals surface area contributed by atoms with E-state index in [0.717, 1.165) is 0 Å². The van der Waals surface area contributed by atoms with Gasteiger partial charge in [0.25, 0.3) is 0 Å². The first-order valence-electron chi connectivity index (χ1n) is 5.72. The zero-order valence-corrected chi connectivity index (χ0v) is 11.3. The van der Waals surface area contributed by atoms with Crippen molar-refractivity contribution < 1.29 is 13.6 Å². The fourth-order valence-electron chi connectivity index (χ4n) is 1.11. The molecule has 9 nitrogen and oxygen atoms in total. The lowest BCUT2D eigenvalue weighted by molar-refractivity contribution is 0.122. The highest BCUT2D eigenvalue weighted by atomic mass is 31.1. The Balaban J connectivity index is 3.74. The van der Waals surface area contributed by atoms with E-state index < -0.39 is 33.0 Å². The van der Waals surface area contributed by atoms with Crippen LogP contribution in [0.5, 0.6) is 0 Å². The van der Waals surface area contributed by atoms with Crippen molar-refractivity contribution in [3.63, 3.8) is 0 Å². The number of nitrogens with two attached hydrogens (primary N) is 6. The maximum absolute atomic E-state index is 11.4. The van der Waals surface area contributed by atoms with Crippen molar-refractivity contribution in [1.82, 2.24) is 0 Å². The van der Waals surface area contributed by atoms with Crippen LogP contribution in [0.1, 0.15) is 25.7 Å². The van der Waals surface area contributed by atoms with Gasteiger partial charge in [0.2, 0.25) is 0 Å². The van der Waals surface area contributed by atoms with Crippen molar-refractivity contribution in [2.24, 2.45) is 34.4 Å². The van der Waals surface area contributed by atoms with Crippen molar-refractivity contribution in [2.45, 2.75) is 50.5 Å². The van der Waals surface area contributed by atoms with Crippen molar-refractivity contribution in [3.8, 4) is 0 Å². The molecular weight excluding hydrogens is 259 g/mol. The van der Waals surface area contributed by atoms with Gasteiger partial charge in [-0.05, 0) is 25.7 Å². The van der Waals surface area contributed by atoms with Gasteiger partial charge in [-0.2, -0.15) is 0 Å². The topological polar surface area (TPSA) is 192 Å². The van der Waals surface area contributed by atoms with Crippen molar-refractivity contribution in [3.05, 3.63) is 0 Å². The highest BCUT2D eigenvalue weighted by Gasteiger charge is 2.13. The second kappa shape index (κ2) is 9.79. The Labute approximate surface area is 107 Å². The molecule has 0 radical (unpaired) electrons. The summed E-state index contributed by atoms with van der Waals surface area (Å²) in [6.45, 7) is 0. The number of hydrogen-bond donors (Lipinski definition) is 6. The van der Waals surface area contributed by atoms with Crippen LogP contribution in [0.2, 0.25) is 0 Å². The fraction of sp³-hybridized carbons (Fsp3) is 1.00. The molecule has 0 aliphatic heterocycles. The van der Waals surface area contributed by atoms with Gasteiger partial charge < -0.3 is 34.4 Å². The fourth-order valence-corrected chi connectivity index (χ4v) is 1.89. The molecule has 0 aromatic rings. The molecule has 0 bridgehead atoms. The normalized spacial score (nSPS) is 17.1. The Morgan fingerprint density at radius 2 is 1.06 bits per heavy atom. The van der Waals surface area contributed by atoms with E-state index >= 15 is 0 Å². The molecule has 2 atom stereocenters. The molecule has 0 saturated heterocycles. The smallest absolute Gasteiger partial charge is 0.316 e. The summed E-state index contributed by atoms with van der Waals surface area (Å²) in [6.07, 6.45) is -0.729. The van der Waals surface area contributed by atoms with E-state index in [4.69, 9.17) is 43.4 Å². The van der Waals surface area contributed by atoms with E-state index in [9.17, 15) is 4.57 Å². The minimum absolute atomic E-state index is 0.389. The summed E-state index contributed by atoms with van der Waals surface area (Å²) < 4.78 is 21.3. The molecule has 0 spiro atoms. The standard InChI is InChI=1S/C8H25N6O3P/c9-5(10)1-3-7(13)16-18(15)17-8(14)4-2-6(11)12/h5-8,18H,1-4,9-14H2. The summed E-state index contributed by atoms with van der Waals surface area (Å²) in [4.78, 5) is 0. The quantitative estimate of drug-likeness (QED) is 0.195. The molecule has 18 heavy (non-hydrogen) atoms. The summed E-state index contributed by atoms with van der Waals surface area (Å²) in [7, 11) is -2.75. The molecule has 0 heterocycles. The van der Waals surface area contributed by atoms with Gasteiger partial charge in [0.1, 0.15) is 12.5 Å². The minimum atomic E-state index is -2.75. The molecule has 0 rings (SSSR count). The van der Waals surface area contributed by atoms with Crippen LogP contribution >= 0.6 is 8.25 Å². The van der Waals surface area contributed by atoms with Gasteiger partial charge in [-0.3, -0.25) is 13.6 Å². The Morgan fingerprint density at radius 3 is 1.33 bits per heavy atom. The predicted octanol–water partition coefficient (Wildman–Crippen LogP) is -1.97. The van der Waals surface area contributed by atoms with Gasteiger partial charge in [-0.1, -0.05) is 0 Å². The van der Waals surface area contributed by atoms with Crippen molar-refractivity contribution in [2.75, 3.05) is 0 Å². The summed E-state index contributed by atoms with van der Waals surface area (Å²) in [5, 5.41) is 0. The molecule has 0 fully saturated rings. The summed E-state index contributed by atoms with van der Waals surface area (Å²) in [5.74, 6) is 0. The average Bonchev–Trinajstić information content (AvgIpc) is 2.23. The summed E-state index contributed by atoms with van der Waals surface area (Å²) >= 11 is 0. The van der Waals surface area contributed by atoms with Gasteiger partial charge in [-0.25, -0.2) is 0 Å². The highest BCUT2D eigenvalue weighted by molar-refractivity contribution is 7.33. The minimum Gasteiger partial charge on any atom is -0.316 e. The zero-order chi connectivity index (χ0) is 14.1. The van der Waals surface area contributed by atoms with Crippen LogP contribution in [-0.2, 0) is 13.6 Å². The maximum Gasteiger partial charge on any atom is 0.322 e. The van der Waals surface area contributed by atoms with Crippen LogP contribution in [0.15, 0.2) is 0 Å². The van der Waals surface area contributed by atoms with Crippen molar-refractivity contribution >= 4 is 8.25 Å². The van der Waals surface area contributed by atoms with Crippen LogP contribution in [-0.4, -0.2) is 24.8 Å². The van der Waals surface area contributed by atoms with E-state index in [-0.39, 0.29) is 0 Å². The first kappa shape index (κ1) is 17.9. The van der Waals surface area contributed by atoms with Crippen LogP contribution < -0.4 is 34.4 Å². The molecule has 0 aliphatic rings. The van der Waals surface area contributed by atoms with E-state index in [1.807, 2.05) is 0 Å². The highest BCUT2D eigenvalue weighted by Crippen LogP contribution is 2.27. The molecule has 0 aromatic carbocycles. The molecule has 0 amide bonds. The molecule has 10 heteroatoms. The third-order valence-corrected chi connectivity index (χ3v) is 3.05. The van der Waals surface area contributed by atoms with Crippen LogP contribution in [0.25, 0.3) is 0 Å². The predicted molar refractivity (Wildman–Crippen MR) is 69.9 cm³/mol. The third kappa shape index (κ3) is 11.0. The third-order valence-electron chi connectivity index (χ3n) is 2.06. The van der Waals surface area contributed by atoms with E-state index in [1.54, 1.807) is 0 Å². The average molecular weight is 284 g/mol. The van der Waals surface area contributed by atoms with Crippen LogP contribution in [0.3, 0.4) is 0 Å². The van der Waals surface area contributed by atoms with E-state index in [1.165, 1.54) is 0 Å². The number of hydrogen-bond acceptors (Lipinski definition) is 9. The SMILES string of the molecule is NC(N)CCC(N)O[PH](=O)OC(N)CCC(N)N. The van der Waals surface area contributed by atoms with Crippen LogP contribution in [0.4, 0.5) is 0 Å². The number of rotatable bonds is 10. The Bertz CT molecular complexity index is 221. The Kier molecular flexibility index (Phi) is 9.74. The van der Waals surface area contributed by atoms with Crippen molar-refractivity contribution in [1.29, 1.82) is 0 Å². The lowest BCUT2D eigenvalue weighted by Gasteiger charge is -2.17. The maximum atomic E-state index is 11.4. The lowest BCUT2D eigenvalue weighted by Crippen LogP contribution is -2.34. The van der Waals surface area contributed by atoms with E-state index in [0.29, 0.717) is 25.7 Å². The molecule has 110 valence electrons. The molecule has 12 N–H and O–H groups in total. The van der Waals surface area contributed by atoms with Gasteiger partial charge in [-0.15, -0.1) is 0 Å². The first-order valence-corrected chi connectivity index (χ1v) is 6.94. The van der Waals surface area contributed by atoms with Gasteiger partial charge in [0.05, 0.1) is 12.3 Å². The van der Waals surface area contributed by atoms with E-state index in [2.05, 4.69) is 0 Å². The molecule has 2 unspecified atom stereocenters. The largest absolute Gasteiger partial charge is 0.322 e. The molecule has 0 aliphatic carbocycles. The molecular formula is C8H25N6O3P. The summed E-state index contributed by atoms with van der Waals surface area (Å²) in [6, 6.07) is 0. The summed E-state index contributed by atoms with van der Waals surface area (Å²) in [5.41, 5.74) is 32.5. The van der Waals surface area contributed by atoms with Gasteiger partial charge >= 0.3 is 8.25 Å². The monoisotopic (exact) mass is 284 g/mol. The molecule has 0 saturated carbocycles. The van der Waals surface area contributed by atoms with Gasteiger partial charge in [0, 0.05) is 0 Å². The first-order chi connectivity index (χ1) is 8.31. The molecule has 0 aromatic heterocycles. The second-order valence-electron chi connectivity index (χ2n) is 4.05.